The van der Waals surface area contributed by atoms with Crippen LogP contribution < -0.4 is 4.74 Å². The van der Waals surface area contributed by atoms with Crippen molar-refractivity contribution >= 4 is 0 Å². The fraction of sp³-hybridized carbons (Fsp3) is 0.739. The van der Waals surface area contributed by atoms with Crippen molar-refractivity contribution in [1.29, 1.82) is 0 Å². The van der Waals surface area contributed by atoms with Crippen molar-refractivity contribution in [3.05, 3.63) is 29.8 Å². The minimum Gasteiger partial charge on any atom is -0.462 e. The predicted octanol–water partition coefficient (Wildman–Crippen LogP) is 5.39. The van der Waals surface area contributed by atoms with Gasteiger partial charge in [0.05, 0.1) is 6.10 Å². The summed E-state index contributed by atoms with van der Waals surface area (Å²) in [7, 11) is 1.72. The zero-order chi connectivity index (χ0) is 18.1. The first kappa shape index (κ1) is 18.3. The molecule has 3 fully saturated rings. The highest BCUT2D eigenvalue weighted by atomic mass is 16.7. The van der Waals surface area contributed by atoms with E-state index in [2.05, 4.69) is 38.1 Å². The first-order chi connectivity index (χ1) is 12.7. The van der Waals surface area contributed by atoms with Gasteiger partial charge < -0.3 is 14.2 Å². The molecule has 3 aliphatic carbocycles. The van der Waals surface area contributed by atoms with Gasteiger partial charge in [0, 0.05) is 7.11 Å². The number of hydrogen-bond acceptors (Lipinski definition) is 3. The smallest absolute Gasteiger partial charge is 0.223 e. The quantitative estimate of drug-likeness (QED) is 0.583. The van der Waals surface area contributed by atoms with Gasteiger partial charge in [0.1, 0.15) is 12.4 Å². The molecular formula is C23H34O3. The van der Waals surface area contributed by atoms with Gasteiger partial charge in [0.15, 0.2) is 0 Å². The topological polar surface area (TPSA) is 27.7 Å². The average molecular weight is 359 g/mol. The van der Waals surface area contributed by atoms with Crippen molar-refractivity contribution in [3.63, 3.8) is 0 Å². The third-order valence-corrected chi connectivity index (χ3v) is 7.33. The van der Waals surface area contributed by atoms with Crippen molar-refractivity contribution in [3.8, 4) is 5.75 Å². The number of ether oxygens (including phenoxy) is 3. The molecule has 7 atom stereocenters. The zero-order valence-corrected chi connectivity index (χ0v) is 16.5. The van der Waals surface area contributed by atoms with Crippen LogP contribution in [-0.2, 0) is 9.47 Å². The van der Waals surface area contributed by atoms with E-state index >= 15 is 0 Å². The lowest BCUT2D eigenvalue weighted by Gasteiger charge is -2.33. The highest BCUT2D eigenvalue weighted by Gasteiger charge is 2.54. The Balaban J connectivity index is 1.37. The van der Waals surface area contributed by atoms with Crippen LogP contribution in [-0.4, -0.2) is 26.1 Å². The van der Waals surface area contributed by atoms with E-state index in [1.165, 1.54) is 37.7 Å². The molecule has 0 heterocycles. The van der Waals surface area contributed by atoms with E-state index < -0.39 is 0 Å². The molecule has 144 valence electrons. The normalized spacial score (nSPS) is 34.7. The second kappa shape index (κ2) is 7.90. The Kier molecular flexibility index (Phi) is 5.56. The predicted molar refractivity (Wildman–Crippen MR) is 103 cm³/mol. The second-order valence-electron chi connectivity index (χ2n) is 8.71. The van der Waals surface area contributed by atoms with Crippen LogP contribution in [0.15, 0.2) is 24.3 Å². The molecule has 7 unspecified atom stereocenters. The van der Waals surface area contributed by atoms with E-state index in [-0.39, 0.29) is 6.29 Å². The van der Waals surface area contributed by atoms with Crippen LogP contribution >= 0.6 is 0 Å². The van der Waals surface area contributed by atoms with Crippen LogP contribution in [0.3, 0.4) is 0 Å². The average Bonchev–Trinajstić information content (AvgIpc) is 3.35. The number of fused-ring (bicyclic) bond motifs is 5. The molecule has 1 aromatic rings. The Morgan fingerprint density at radius 1 is 1.04 bits per heavy atom. The van der Waals surface area contributed by atoms with Crippen molar-refractivity contribution in [2.75, 3.05) is 13.7 Å². The third-order valence-electron chi connectivity index (χ3n) is 7.33. The molecule has 0 aromatic heterocycles. The monoisotopic (exact) mass is 358 g/mol. The summed E-state index contributed by atoms with van der Waals surface area (Å²) in [6.45, 7) is 4.97. The van der Waals surface area contributed by atoms with Crippen LogP contribution in [0.25, 0.3) is 0 Å². The van der Waals surface area contributed by atoms with Gasteiger partial charge in [-0.15, -0.1) is 0 Å². The van der Waals surface area contributed by atoms with E-state index in [0.29, 0.717) is 18.6 Å². The standard InChI is InChI=1S/C23H34O3/c1-4-15(2)16-8-10-18(11-9-16)25-23(14-24-3)26-22-13-17-12-21(22)20-7-5-6-19(17)20/h8-11,15,17,19-23H,4-7,12-14H2,1-3H3. The Morgan fingerprint density at radius 3 is 2.54 bits per heavy atom. The molecule has 3 aliphatic rings. The Labute approximate surface area is 158 Å². The molecule has 1 aromatic carbocycles. The van der Waals surface area contributed by atoms with E-state index in [1.54, 1.807) is 7.11 Å². The van der Waals surface area contributed by atoms with Gasteiger partial charge in [-0.3, -0.25) is 0 Å². The molecule has 4 rings (SSSR count). The number of benzene rings is 1. The van der Waals surface area contributed by atoms with Gasteiger partial charge in [0.25, 0.3) is 0 Å². The van der Waals surface area contributed by atoms with Crippen LogP contribution in [0.1, 0.15) is 63.9 Å². The van der Waals surface area contributed by atoms with Crippen LogP contribution in [0.4, 0.5) is 0 Å². The van der Waals surface area contributed by atoms with Gasteiger partial charge in [-0.2, -0.15) is 0 Å². The van der Waals surface area contributed by atoms with Gasteiger partial charge in [-0.05, 0) is 79.4 Å². The molecule has 26 heavy (non-hydrogen) atoms. The van der Waals surface area contributed by atoms with Crippen molar-refractivity contribution in [1.82, 2.24) is 0 Å². The van der Waals surface area contributed by atoms with Crippen molar-refractivity contribution in [2.24, 2.45) is 23.7 Å². The third kappa shape index (κ3) is 3.53. The van der Waals surface area contributed by atoms with Gasteiger partial charge in [-0.25, -0.2) is 0 Å². The summed E-state index contributed by atoms with van der Waals surface area (Å²) in [6, 6.07) is 8.49. The van der Waals surface area contributed by atoms with Crippen LogP contribution in [0.5, 0.6) is 5.75 Å². The molecule has 0 amide bonds. The molecule has 3 saturated carbocycles. The van der Waals surface area contributed by atoms with Crippen LogP contribution in [0, 0.1) is 23.7 Å². The maximum atomic E-state index is 6.45. The molecule has 3 nitrogen and oxygen atoms in total. The largest absolute Gasteiger partial charge is 0.462 e. The molecule has 0 spiro atoms. The highest BCUT2D eigenvalue weighted by Crippen LogP contribution is 2.59. The lowest BCUT2D eigenvalue weighted by Crippen LogP contribution is -2.37. The van der Waals surface area contributed by atoms with Gasteiger partial charge >= 0.3 is 0 Å². The number of methoxy groups -OCH3 is 1. The molecule has 0 radical (unpaired) electrons. The van der Waals surface area contributed by atoms with E-state index in [4.69, 9.17) is 14.2 Å². The minimum atomic E-state index is -0.307. The maximum absolute atomic E-state index is 6.45. The summed E-state index contributed by atoms with van der Waals surface area (Å²) in [4.78, 5) is 0. The molecule has 0 saturated heterocycles. The van der Waals surface area contributed by atoms with Crippen molar-refractivity contribution < 1.29 is 14.2 Å². The number of rotatable bonds is 8. The lowest BCUT2D eigenvalue weighted by molar-refractivity contribution is -0.164. The van der Waals surface area contributed by atoms with E-state index in [0.717, 1.165) is 35.8 Å². The molecule has 3 heteroatoms. The Bertz CT molecular complexity index is 584. The SMILES string of the molecule is CCC(C)c1ccc(OC(COC)OC2CC3CC2C2CCCC32)cc1. The molecule has 0 N–H and O–H groups in total. The Morgan fingerprint density at radius 2 is 1.81 bits per heavy atom. The lowest BCUT2D eigenvalue weighted by atomic mass is 9.80. The second-order valence-corrected chi connectivity index (χ2v) is 8.71. The minimum absolute atomic E-state index is 0.307. The maximum Gasteiger partial charge on any atom is 0.223 e. The zero-order valence-electron chi connectivity index (χ0n) is 16.5. The van der Waals surface area contributed by atoms with E-state index in [9.17, 15) is 0 Å². The first-order valence-corrected chi connectivity index (χ1v) is 10.6. The van der Waals surface area contributed by atoms with Crippen LogP contribution in [0.2, 0.25) is 0 Å². The highest BCUT2D eigenvalue weighted by molar-refractivity contribution is 5.29. The summed E-state index contributed by atoms with van der Waals surface area (Å²) < 4.78 is 18.0. The Hall–Kier alpha value is -1.06. The fourth-order valence-corrected chi connectivity index (χ4v) is 5.86. The van der Waals surface area contributed by atoms with Gasteiger partial charge in [-0.1, -0.05) is 32.4 Å². The van der Waals surface area contributed by atoms with Gasteiger partial charge in [0.2, 0.25) is 6.29 Å². The molecule has 2 bridgehead atoms. The summed E-state index contributed by atoms with van der Waals surface area (Å²) in [5.74, 6) is 5.02. The summed E-state index contributed by atoms with van der Waals surface area (Å²) in [5.41, 5.74) is 1.37. The van der Waals surface area contributed by atoms with E-state index in [1.807, 2.05) is 0 Å². The summed E-state index contributed by atoms with van der Waals surface area (Å²) in [5, 5.41) is 0. The molecular weight excluding hydrogens is 324 g/mol. The first-order valence-electron chi connectivity index (χ1n) is 10.6. The summed E-state index contributed by atoms with van der Waals surface area (Å²) in [6.07, 6.45) is 8.11. The van der Waals surface area contributed by atoms with Crippen molar-refractivity contribution in [2.45, 2.75) is 70.7 Å². The summed E-state index contributed by atoms with van der Waals surface area (Å²) >= 11 is 0. The molecule has 0 aliphatic heterocycles. The fourth-order valence-electron chi connectivity index (χ4n) is 5.86. The number of hydrogen-bond donors (Lipinski definition) is 0.